The van der Waals surface area contributed by atoms with E-state index in [1.807, 2.05) is 4.90 Å². The van der Waals surface area contributed by atoms with Gasteiger partial charge in [0.15, 0.2) is 11.5 Å². The highest BCUT2D eigenvalue weighted by atomic mass is 35.5. The van der Waals surface area contributed by atoms with Crippen molar-refractivity contribution in [3.8, 4) is 23.0 Å². The number of hydrogen-bond acceptors (Lipinski definition) is 8. The summed E-state index contributed by atoms with van der Waals surface area (Å²) in [4.78, 5) is 27.1. The number of alkyl halides is 3. The van der Waals surface area contributed by atoms with Crippen LogP contribution in [0.3, 0.4) is 0 Å². The molecule has 2 aliphatic carbocycles. The molecule has 3 aromatic heterocycles. The molecule has 1 fully saturated rings. The molecular weight excluding hydrogens is 575 g/mol. The van der Waals surface area contributed by atoms with Crippen molar-refractivity contribution in [1.82, 2.24) is 25.1 Å². The first-order chi connectivity index (χ1) is 19.6. The lowest BCUT2D eigenvalue weighted by Crippen LogP contribution is -2.54. The second-order valence-corrected chi connectivity index (χ2v) is 12.1. The quantitative estimate of drug-likeness (QED) is 0.325. The van der Waals surface area contributed by atoms with Crippen LogP contribution in [0.5, 0.6) is 0 Å². The van der Waals surface area contributed by atoms with Crippen molar-refractivity contribution in [2.24, 2.45) is 11.8 Å². The highest BCUT2D eigenvalue weighted by Crippen LogP contribution is 2.48. The highest BCUT2D eigenvalue weighted by Gasteiger charge is 2.51. The highest BCUT2D eigenvalue weighted by molar-refractivity contribution is 6.30. The van der Waals surface area contributed by atoms with E-state index < -0.39 is 29.1 Å². The molecule has 0 saturated heterocycles. The van der Waals surface area contributed by atoms with Gasteiger partial charge in [0.25, 0.3) is 5.89 Å². The van der Waals surface area contributed by atoms with Crippen LogP contribution in [0.25, 0.3) is 23.0 Å². The summed E-state index contributed by atoms with van der Waals surface area (Å²) < 4.78 is 37.6. The minimum atomic E-state index is -2.21. The Hall–Kier alpha value is -3.31. The minimum absolute atomic E-state index is 0.00114. The van der Waals surface area contributed by atoms with Crippen LogP contribution in [0, 0.1) is 11.8 Å². The van der Waals surface area contributed by atoms with E-state index in [0.717, 1.165) is 25.7 Å². The fraction of sp³-hybridized carbons (Fsp3) is 0.464. The number of aromatic amines is 1. The third-order valence-electron chi connectivity index (χ3n) is 8.18. The summed E-state index contributed by atoms with van der Waals surface area (Å²) in [5, 5.41) is 8.69. The van der Waals surface area contributed by atoms with Crippen LogP contribution < -0.4 is 16.0 Å². The van der Waals surface area contributed by atoms with E-state index in [1.165, 1.54) is 25.3 Å². The lowest BCUT2D eigenvalue weighted by molar-refractivity contribution is 0.168. The van der Waals surface area contributed by atoms with E-state index in [0.29, 0.717) is 40.2 Å². The number of pyridine rings is 1. The number of H-pyrrole nitrogens is 1. The molecule has 0 aromatic carbocycles. The second-order valence-electron chi connectivity index (χ2n) is 11.2. The predicted molar refractivity (Wildman–Crippen MR) is 154 cm³/mol. The lowest BCUT2D eigenvalue weighted by Gasteiger charge is -2.41. The third-order valence-corrected chi connectivity index (χ3v) is 8.75. The predicted octanol–water partition coefficient (Wildman–Crippen LogP) is 6.09. The normalized spacial score (nSPS) is 27.2. The van der Waals surface area contributed by atoms with Crippen molar-refractivity contribution < 1.29 is 13.2 Å². The molecule has 6 rings (SSSR count). The van der Waals surface area contributed by atoms with Gasteiger partial charge in [-0.3, -0.25) is 4.98 Å². The van der Waals surface area contributed by atoms with Gasteiger partial charge < -0.3 is 14.6 Å². The van der Waals surface area contributed by atoms with Crippen molar-refractivity contribution in [3.05, 3.63) is 57.8 Å². The number of anilines is 2. The Balaban J connectivity index is 1.51. The van der Waals surface area contributed by atoms with Crippen LogP contribution in [-0.2, 0) is 0 Å². The second kappa shape index (κ2) is 10.8. The molecule has 41 heavy (non-hydrogen) atoms. The number of nitrogens with zero attached hydrogens (tertiary/aromatic N) is 5. The molecule has 0 radical (unpaired) electrons. The van der Waals surface area contributed by atoms with E-state index >= 15 is 8.78 Å². The Morgan fingerprint density at radius 1 is 1.22 bits per heavy atom. The zero-order chi connectivity index (χ0) is 28.9. The van der Waals surface area contributed by atoms with Crippen LogP contribution in [0.15, 0.2) is 51.5 Å². The molecule has 0 amide bonds. The first-order valence-corrected chi connectivity index (χ1v) is 14.4. The van der Waals surface area contributed by atoms with Gasteiger partial charge in [0.2, 0.25) is 5.82 Å². The van der Waals surface area contributed by atoms with Crippen molar-refractivity contribution in [1.29, 1.82) is 0 Å². The number of aromatic nitrogens is 5. The van der Waals surface area contributed by atoms with Crippen molar-refractivity contribution in [2.45, 2.75) is 62.9 Å². The van der Waals surface area contributed by atoms with Crippen molar-refractivity contribution >= 4 is 34.7 Å². The maximum absolute atomic E-state index is 17.1. The SMILES string of the molecule is CC1CCC(CN2c3c(nc(-c4n[nH]c(=O)o4)nc3-c3cncc(Cl)c3)NC2C(C)(F)C2=CC=CC(Cl)C2F)CC1. The van der Waals surface area contributed by atoms with E-state index in [4.69, 9.17) is 32.6 Å². The Bertz CT molecular complexity index is 1560. The zero-order valence-electron chi connectivity index (χ0n) is 22.5. The van der Waals surface area contributed by atoms with Gasteiger partial charge >= 0.3 is 5.76 Å². The molecule has 1 aliphatic heterocycles. The average Bonchev–Trinajstić information content (AvgIpc) is 3.55. The third kappa shape index (κ3) is 5.25. The largest absolute Gasteiger partial charge is 0.434 e. The Morgan fingerprint density at radius 3 is 2.71 bits per heavy atom. The van der Waals surface area contributed by atoms with E-state index in [-0.39, 0.29) is 23.2 Å². The summed E-state index contributed by atoms with van der Waals surface area (Å²) in [7, 11) is 0. The minimum Gasteiger partial charge on any atom is -0.384 e. The van der Waals surface area contributed by atoms with Crippen LogP contribution in [0.2, 0.25) is 5.02 Å². The van der Waals surface area contributed by atoms with Crippen LogP contribution in [-0.4, -0.2) is 55.1 Å². The van der Waals surface area contributed by atoms with Crippen LogP contribution in [0.4, 0.5) is 20.3 Å². The summed E-state index contributed by atoms with van der Waals surface area (Å²) in [5.41, 5.74) is -0.809. The molecule has 216 valence electrons. The van der Waals surface area contributed by atoms with Crippen LogP contribution >= 0.6 is 23.2 Å². The molecule has 9 nitrogen and oxygen atoms in total. The number of rotatable bonds is 6. The van der Waals surface area contributed by atoms with Crippen molar-refractivity contribution in [3.63, 3.8) is 0 Å². The maximum Gasteiger partial charge on any atom is 0.434 e. The number of hydrogen-bond donors (Lipinski definition) is 2. The molecule has 3 aromatic rings. The number of fused-ring (bicyclic) bond motifs is 1. The van der Waals surface area contributed by atoms with E-state index in [1.54, 1.807) is 18.3 Å². The smallest absolute Gasteiger partial charge is 0.384 e. The van der Waals surface area contributed by atoms with Gasteiger partial charge in [-0.1, -0.05) is 49.6 Å². The van der Waals surface area contributed by atoms with E-state index in [9.17, 15) is 4.79 Å². The topological polar surface area (TPSA) is 113 Å². The summed E-state index contributed by atoms with van der Waals surface area (Å²) in [5.74, 6) is 0.289. The molecule has 0 spiro atoms. The molecule has 4 unspecified atom stereocenters. The molecule has 13 heteroatoms. The Kier molecular flexibility index (Phi) is 7.35. The number of allylic oxidation sites excluding steroid dienone is 3. The zero-order valence-corrected chi connectivity index (χ0v) is 24.0. The fourth-order valence-corrected chi connectivity index (χ4v) is 6.35. The molecule has 0 bridgehead atoms. The molecular formula is C28H29Cl2F2N7O2. The van der Waals surface area contributed by atoms with Crippen molar-refractivity contribution in [2.75, 3.05) is 16.8 Å². The van der Waals surface area contributed by atoms with Crippen LogP contribution in [0.1, 0.15) is 39.5 Å². The molecule has 2 N–H and O–H groups in total. The van der Waals surface area contributed by atoms with E-state index in [2.05, 4.69) is 32.4 Å². The standard InChI is InChI=1S/C28H29Cl2F2N7O2/c1-14-6-8-15(9-7-14)13-39-22-21(16-10-17(29)12-33-11-16)34-24(25-37-38-27(40)41-25)35-23(22)36-26(39)28(2,32)18-4-3-5-19(30)20(18)31/h3-5,10-12,14-15,19-20,26H,6-9,13H2,1-2H3,(H,38,40)(H,34,35,36). The monoisotopic (exact) mass is 603 g/mol. The average molecular weight is 604 g/mol. The maximum atomic E-state index is 17.1. The fourth-order valence-electron chi connectivity index (χ4n) is 5.96. The Morgan fingerprint density at radius 2 is 2.00 bits per heavy atom. The van der Waals surface area contributed by atoms with Gasteiger partial charge in [0.1, 0.15) is 23.7 Å². The summed E-state index contributed by atoms with van der Waals surface area (Å²) in [6.45, 7) is 4.09. The Labute approximate surface area is 245 Å². The molecule has 3 aliphatic rings. The first-order valence-electron chi connectivity index (χ1n) is 13.6. The van der Waals surface area contributed by atoms with Gasteiger partial charge in [-0.15, -0.1) is 16.7 Å². The summed E-state index contributed by atoms with van der Waals surface area (Å²) >= 11 is 12.5. The van der Waals surface area contributed by atoms with Gasteiger partial charge in [0.05, 0.1) is 10.4 Å². The van der Waals surface area contributed by atoms with Gasteiger partial charge in [-0.05, 0) is 37.7 Å². The number of nitrogens with one attached hydrogen (secondary N) is 2. The molecule has 4 atom stereocenters. The molecule has 1 saturated carbocycles. The molecule has 4 heterocycles. The summed E-state index contributed by atoms with van der Waals surface area (Å²) in [6.07, 6.45) is 8.97. The number of halogens is 4. The van der Waals surface area contributed by atoms with Gasteiger partial charge in [0, 0.05) is 30.1 Å². The lowest BCUT2D eigenvalue weighted by atomic mass is 9.82. The first kappa shape index (κ1) is 27.8. The summed E-state index contributed by atoms with van der Waals surface area (Å²) in [6, 6.07) is 1.69. The van der Waals surface area contributed by atoms with Gasteiger partial charge in [-0.2, -0.15) is 0 Å². The van der Waals surface area contributed by atoms with Gasteiger partial charge in [-0.25, -0.2) is 28.6 Å².